The van der Waals surface area contributed by atoms with Crippen LogP contribution in [0, 0.1) is 5.92 Å². The van der Waals surface area contributed by atoms with Crippen molar-refractivity contribution in [3.63, 3.8) is 0 Å². The third-order valence-corrected chi connectivity index (χ3v) is 1.15. The fourth-order valence-electron chi connectivity index (χ4n) is 0.447. The molecule has 0 aromatic carbocycles. The first-order chi connectivity index (χ1) is 3.81. The fraction of sp³-hybridized carbons (Fsp3) is 0.500. The first kappa shape index (κ1) is 7.48. The molecule has 1 unspecified atom stereocenters. The van der Waals surface area contributed by atoms with Crippen LogP contribution < -0.4 is 0 Å². The zero-order chi connectivity index (χ0) is 6.41. The monoisotopic (exact) mass is 110 g/mol. The molecule has 0 aromatic rings. The standard InChI is InChI=1S/C8H14/c1-4-6-7-8(3)5-2/h4-6,8H,2,7H2,1,3H3/b6-4+. The number of allylic oxidation sites excluding steroid dienone is 3. The largest absolute Gasteiger partial charge is 0.103 e. The van der Waals surface area contributed by atoms with Crippen LogP contribution in [0.15, 0.2) is 24.8 Å². The Morgan fingerprint density at radius 2 is 2.25 bits per heavy atom. The molecular weight excluding hydrogens is 96.1 g/mol. The average molecular weight is 110 g/mol. The highest BCUT2D eigenvalue weighted by atomic mass is 13.9. The van der Waals surface area contributed by atoms with Gasteiger partial charge in [0.1, 0.15) is 0 Å². The van der Waals surface area contributed by atoms with E-state index in [2.05, 4.69) is 25.7 Å². The molecule has 0 spiro atoms. The summed E-state index contributed by atoms with van der Waals surface area (Å²) >= 11 is 0. The van der Waals surface area contributed by atoms with Crippen LogP contribution in [-0.2, 0) is 0 Å². The molecule has 0 nitrogen and oxygen atoms in total. The van der Waals surface area contributed by atoms with Crippen molar-refractivity contribution in [1.82, 2.24) is 0 Å². The molecule has 0 aliphatic carbocycles. The van der Waals surface area contributed by atoms with Gasteiger partial charge in [-0.3, -0.25) is 0 Å². The Kier molecular flexibility index (Phi) is 4.33. The topological polar surface area (TPSA) is 0 Å². The maximum atomic E-state index is 3.68. The van der Waals surface area contributed by atoms with Crippen LogP contribution in [-0.4, -0.2) is 0 Å². The van der Waals surface area contributed by atoms with Gasteiger partial charge in [0.2, 0.25) is 0 Å². The third kappa shape index (κ3) is 3.66. The van der Waals surface area contributed by atoms with Gasteiger partial charge < -0.3 is 0 Å². The van der Waals surface area contributed by atoms with E-state index >= 15 is 0 Å². The lowest BCUT2D eigenvalue weighted by atomic mass is 10.1. The van der Waals surface area contributed by atoms with Gasteiger partial charge in [-0.2, -0.15) is 0 Å². The molecule has 0 saturated heterocycles. The van der Waals surface area contributed by atoms with Crippen molar-refractivity contribution in [2.75, 3.05) is 0 Å². The lowest BCUT2D eigenvalue weighted by molar-refractivity contribution is 0.746. The molecule has 0 rings (SSSR count). The molecule has 46 valence electrons. The Morgan fingerprint density at radius 3 is 2.62 bits per heavy atom. The van der Waals surface area contributed by atoms with Gasteiger partial charge in [-0.25, -0.2) is 0 Å². The molecule has 0 heterocycles. The van der Waals surface area contributed by atoms with E-state index in [0.717, 1.165) is 6.42 Å². The molecule has 0 N–H and O–H groups in total. The highest BCUT2D eigenvalue weighted by Gasteiger charge is 1.87. The van der Waals surface area contributed by atoms with Crippen molar-refractivity contribution < 1.29 is 0 Å². The van der Waals surface area contributed by atoms with E-state index in [9.17, 15) is 0 Å². The zero-order valence-electron chi connectivity index (χ0n) is 5.72. The number of rotatable bonds is 3. The van der Waals surface area contributed by atoms with Crippen LogP contribution in [0.25, 0.3) is 0 Å². The van der Waals surface area contributed by atoms with Gasteiger partial charge >= 0.3 is 0 Å². The molecule has 0 aliphatic heterocycles. The molecule has 0 saturated carbocycles. The summed E-state index contributed by atoms with van der Waals surface area (Å²) in [5.74, 6) is 0.631. The van der Waals surface area contributed by atoms with Crippen molar-refractivity contribution in [3.05, 3.63) is 24.8 Å². The molecule has 0 fully saturated rings. The van der Waals surface area contributed by atoms with Crippen molar-refractivity contribution in [1.29, 1.82) is 0 Å². The van der Waals surface area contributed by atoms with Crippen LogP contribution in [0.2, 0.25) is 0 Å². The summed E-state index contributed by atoms with van der Waals surface area (Å²) in [6.45, 7) is 7.88. The third-order valence-electron chi connectivity index (χ3n) is 1.15. The Bertz CT molecular complexity index is 80.0. The summed E-state index contributed by atoms with van der Waals surface area (Å²) in [6, 6.07) is 0. The fourth-order valence-corrected chi connectivity index (χ4v) is 0.447. The Balaban J connectivity index is 3.23. The maximum Gasteiger partial charge on any atom is -0.0230 e. The van der Waals surface area contributed by atoms with Crippen LogP contribution in [0.1, 0.15) is 20.3 Å². The van der Waals surface area contributed by atoms with E-state index in [4.69, 9.17) is 0 Å². The quantitative estimate of drug-likeness (QED) is 0.490. The molecule has 8 heavy (non-hydrogen) atoms. The van der Waals surface area contributed by atoms with Crippen molar-refractivity contribution >= 4 is 0 Å². The maximum absolute atomic E-state index is 3.68. The van der Waals surface area contributed by atoms with Gasteiger partial charge in [0.05, 0.1) is 0 Å². The predicted molar refractivity (Wildman–Crippen MR) is 38.8 cm³/mol. The van der Waals surface area contributed by atoms with E-state index in [1.165, 1.54) is 0 Å². The van der Waals surface area contributed by atoms with Crippen LogP contribution in [0.5, 0.6) is 0 Å². The van der Waals surface area contributed by atoms with Crippen molar-refractivity contribution in [2.24, 2.45) is 5.92 Å². The van der Waals surface area contributed by atoms with Crippen LogP contribution >= 0.6 is 0 Å². The van der Waals surface area contributed by atoms with E-state index < -0.39 is 0 Å². The van der Waals surface area contributed by atoms with Gasteiger partial charge in [0, 0.05) is 0 Å². The Morgan fingerprint density at radius 1 is 1.62 bits per heavy atom. The highest BCUT2D eigenvalue weighted by molar-refractivity contribution is 4.85. The average Bonchev–Trinajstić information content (AvgIpc) is 1.83. The summed E-state index contributed by atoms with van der Waals surface area (Å²) in [5, 5.41) is 0. The zero-order valence-corrected chi connectivity index (χ0v) is 5.72. The summed E-state index contributed by atoms with van der Waals surface area (Å²) in [4.78, 5) is 0. The molecule has 0 amide bonds. The molecule has 0 bridgehead atoms. The molecule has 1 atom stereocenters. The van der Waals surface area contributed by atoms with Gasteiger partial charge in [0.25, 0.3) is 0 Å². The minimum atomic E-state index is 0.631. The summed E-state index contributed by atoms with van der Waals surface area (Å²) < 4.78 is 0. The van der Waals surface area contributed by atoms with Crippen LogP contribution in [0.3, 0.4) is 0 Å². The second-order valence-electron chi connectivity index (χ2n) is 2.02. The lowest BCUT2D eigenvalue weighted by Crippen LogP contribution is -1.82. The van der Waals surface area contributed by atoms with Crippen molar-refractivity contribution in [3.8, 4) is 0 Å². The first-order valence-electron chi connectivity index (χ1n) is 3.05. The Labute approximate surface area is 51.9 Å². The highest BCUT2D eigenvalue weighted by Crippen LogP contribution is 2.01. The number of hydrogen-bond acceptors (Lipinski definition) is 0. The van der Waals surface area contributed by atoms with Gasteiger partial charge in [-0.15, -0.1) is 6.58 Å². The SMILES string of the molecule is C=CC(C)C/C=C/C. The smallest absolute Gasteiger partial charge is 0.0230 e. The minimum Gasteiger partial charge on any atom is -0.103 e. The van der Waals surface area contributed by atoms with E-state index in [0.29, 0.717) is 5.92 Å². The van der Waals surface area contributed by atoms with Gasteiger partial charge in [-0.1, -0.05) is 25.2 Å². The summed E-state index contributed by atoms with van der Waals surface area (Å²) in [6.07, 6.45) is 7.33. The van der Waals surface area contributed by atoms with Crippen molar-refractivity contribution in [2.45, 2.75) is 20.3 Å². The van der Waals surface area contributed by atoms with E-state index in [1.807, 2.05) is 13.0 Å². The molecule has 0 aromatic heterocycles. The molecule has 0 radical (unpaired) electrons. The first-order valence-corrected chi connectivity index (χ1v) is 3.05. The number of hydrogen-bond donors (Lipinski definition) is 0. The second kappa shape index (κ2) is 4.63. The van der Waals surface area contributed by atoms with E-state index in [-0.39, 0.29) is 0 Å². The van der Waals surface area contributed by atoms with Crippen LogP contribution in [0.4, 0.5) is 0 Å². The summed E-state index contributed by atoms with van der Waals surface area (Å²) in [7, 11) is 0. The normalized spacial score (nSPS) is 14.2. The molecule has 0 aliphatic rings. The molecule has 0 heteroatoms. The molecular formula is C8H14. The second-order valence-corrected chi connectivity index (χ2v) is 2.02. The van der Waals surface area contributed by atoms with Gasteiger partial charge in [0.15, 0.2) is 0 Å². The Hall–Kier alpha value is -0.520. The minimum absolute atomic E-state index is 0.631. The predicted octanol–water partition coefficient (Wildman–Crippen LogP) is 2.77. The summed E-state index contributed by atoms with van der Waals surface area (Å²) in [5.41, 5.74) is 0. The van der Waals surface area contributed by atoms with Gasteiger partial charge in [-0.05, 0) is 19.3 Å². The van der Waals surface area contributed by atoms with E-state index in [1.54, 1.807) is 0 Å². The lowest BCUT2D eigenvalue weighted by Gasteiger charge is -1.96.